The van der Waals surface area contributed by atoms with Gasteiger partial charge in [-0.2, -0.15) is 0 Å². The van der Waals surface area contributed by atoms with E-state index < -0.39 is 0 Å². The van der Waals surface area contributed by atoms with E-state index in [0.29, 0.717) is 16.9 Å². The number of hydrogen-bond donors (Lipinski definition) is 1. The van der Waals surface area contributed by atoms with Crippen molar-refractivity contribution in [1.29, 1.82) is 0 Å². The van der Waals surface area contributed by atoms with Gasteiger partial charge in [0, 0.05) is 15.6 Å². The van der Waals surface area contributed by atoms with E-state index >= 15 is 0 Å². The SMILES string of the molecule is Cc1c(Cl)cccc1NC(=O)C12C[C@@H]3C[C@@H](CC(Cl)(C3)C1)C2. The van der Waals surface area contributed by atoms with E-state index in [9.17, 15) is 4.79 Å². The number of alkyl halides is 1. The van der Waals surface area contributed by atoms with E-state index in [2.05, 4.69) is 5.32 Å². The molecule has 4 heteroatoms. The molecule has 118 valence electrons. The molecule has 1 aromatic carbocycles. The smallest absolute Gasteiger partial charge is 0.230 e. The van der Waals surface area contributed by atoms with Crippen LogP contribution in [0.15, 0.2) is 18.2 Å². The summed E-state index contributed by atoms with van der Waals surface area (Å²) < 4.78 is 0. The number of carbonyl (C=O) groups is 1. The van der Waals surface area contributed by atoms with Crippen LogP contribution in [-0.2, 0) is 4.79 Å². The molecule has 0 saturated heterocycles. The van der Waals surface area contributed by atoms with Gasteiger partial charge in [0.25, 0.3) is 0 Å². The number of rotatable bonds is 2. The Morgan fingerprint density at radius 1 is 1.23 bits per heavy atom. The zero-order chi connectivity index (χ0) is 15.5. The third-order valence-corrected chi connectivity index (χ3v) is 6.84. The predicted molar refractivity (Wildman–Crippen MR) is 90.5 cm³/mol. The van der Waals surface area contributed by atoms with Crippen LogP contribution in [0.5, 0.6) is 0 Å². The molecule has 22 heavy (non-hydrogen) atoms. The van der Waals surface area contributed by atoms with Gasteiger partial charge in [-0.15, -0.1) is 11.6 Å². The van der Waals surface area contributed by atoms with Crippen molar-refractivity contribution < 1.29 is 4.79 Å². The fourth-order valence-corrected chi connectivity index (χ4v) is 6.28. The van der Waals surface area contributed by atoms with Crippen molar-refractivity contribution in [2.45, 2.75) is 50.3 Å². The van der Waals surface area contributed by atoms with Crippen LogP contribution in [0.2, 0.25) is 5.02 Å². The van der Waals surface area contributed by atoms with E-state index in [0.717, 1.165) is 43.4 Å². The van der Waals surface area contributed by atoms with Gasteiger partial charge < -0.3 is 5.32 Å². The van der Waals surface area contributed by atoms with E-state index in [4.69, 9.17) is 23.2 Å². The molecule has 1 aromatic rings. The van der Waals surface area contributed by atoms with E-state index in [-0.39, 0.29) is 16.2 Å². The summed E-state index contributed by atoms with van der Waals surface area (Å²) in [6.45, 7) is 1.95. The molecule has 4 bridgehead atoms. The maximum Gasteiger partial charge on any atom is 0.230 e. The number of nitrogens with one attached hydrogen (secondary N) is 1. The summed E-state index contributed by atoms with van der Waals surface area (Å²) in [7, 11) is 0. The fourth-order valence-electron chi connectivity index (χ4n) is 5.41. The Bertz CT molecular complexity index is 628. The van der Waals surface area contributed by atoms with Crippen molar-refractivity contribution in [2.24, 2.45) is 17.3 Å². The van der Waals surface area contributed by atoms with E-state index in [1.54, 1.807) is 0 Å². The lowest BCUT2D eigenvalue weighted by Crippen LogP contribution is -2.57. The summed E-state index contributed by atoms with van der Waals surface area (Å²) in [4.78, 5) is 12.9. The number of benzene rings is 1. The molecule has 4 fully saturated rings. The van der Waals surface area contributed by atoms with Crippen molar-refractivity contribution in [3.8, 4) is 0 Å². The highest BCUT2D eigenvalue weighted by molar-refractivity contribution is 6.31. The van der Waals surface area contributed by atoms with Gasteiger partial charge >= 0.3 is 0 Å². The average Bonchev–Trinajstić information content (AvgIpc) is 2.41. The van der Waals surface area contributed by atoms with Crippen molar-refractivity contribution >= 4 is 34.8 Å². The first-order valence-electron chi connectivity index (χ1n) is 8.15. The maximum atomic E-state index is 13.1. The van der Waals surface area contributed by atoms with Crippen LogP contribution in [0.3, 0.4) is 0 Å². The average molecular weight is 338 g/mol. The minimum absolute atomic E-state index is 0.134. The van der Waals surface area contributed by atoms with Gasteiger partial charge in [-0.25, -0.2) is 0 Å². The van der Waals surface area contributed by atoms with Crippen LogP contribution in [-0.4, -0.2) is 10.8 Å². The van der Waals surface area contributed by atoms with Crippen molar-refractivity contribution in [3.63, 3.8) is 0 Å². The molecule has 1 amide bonds. The van der Waals surface area contributed by atoms with E-state index in [1.165, 1.54) is 6.42 Å². The summed E-state index contributed by atoms with van der Waals surface area (Å²) in [5, 5.41) is 3.84. The standard InChI is InChI=1S/C18H21Cl2NO/c1-11-14(19)3-2-4-15(11)21-16(22)17-6-12-5-13(7-17)9-18(20,8-12)10-17/h2-4,12-13H,5-10H2,1H3,(H,21,22)/t12-,13+,17?,18?. The third kappa shape index (κ3) is 2.27. The first kappa shape index (κ1) is 14.8. The lowest BCUT2D eigenvalue weighted by Gasteiger charge is -2.59. The second-order valence-electron chi connectivity index (χ2n) is 7.76. The molecule has 1 N–H and O–H groups in total. The van der Waals surface area contributed by atoms with Gasteiger partial charge in [-0.05, 0) is 75.0 Å². The first-order chi connectivity index (χ1) is 10.4. The second kappa shape index (κ2) is 4.88. The summed E-state index contributed by atoms with van der Waals surface area (Å²) >= 11 is 13.0. The van der Waals surface area contributed by atoms with Crippen molar-refractivity contribution in [1.82, 2.24) is 0 Å². The van der Waals surface area contributed by atoms with Crippen LogP contribution >= 0.6 is 23.2 Å². The van der Waals surface area contributed by atoms with Crippen LogP contribution < -0.4 is 5.32 Å². The van der Waals surface area contributed by atoms with Crippen LogP contribution in [0.25, 0.3) is 0 Å². The normalized spacial score (nSPS) is 39.0. The van der Waals surface area contributed by atoms with Crippen molar-refractivity contribution in [3.05, 3.63) is 28.8 Å². The molecule has 5 rings (SSSR count). The molecular weight excluding hydrogens is 317 g/mol. The molecule has 0 aliphatic heterocycles. The highest BCUT2D eigenvalue weighted by Crippen LogP contribution is 2.64. The monoisotopic (exact) mass is 337 g/mol. The van der Waals surface area contributed by atoms with Crippen LogP contribution in [0, 0.1) is 24.2 Å². The molecular formula is C18H21Cl2NO. The summed E-state index contributed by atoms with van der Waals surface area (Å²) in [5.41, 5.74) is 1.50. The Labute approximate surface area is 141 Å². The topological polar surface area (TPSA) is 29.1 Å². The molecule has 0 aromatic heterocycles. The van der Waals surface area contributed by atoms with Gasteiger partial charge in [0.1, 0.15) is 0 Å². The lowest BCUT2D eigenvalue weighted by molar-refractivity contribution is -0.138. The minimum atomic E-state index is -0.263. The quantitative estimate of drug-likeness (QED) is 0.741. The van der Waals surface area contributed by atoms with Crippen LogP contribution in [0.1, 0.15) is 44.1 Å². The Kier molecular flexibility index (Phi) is 3.29. The van der Waals surface area contributed by atoms with Gasteiger partial charge in [0.15, 0.2) is 0 Å². The highest BCUT2D eigenvalue weighted by atomic mass is 35.5. The van der Waals surface area contributed by atoms with Crippen molar-refractivity contribution in [2.75, 3.05) is 5.32 Å². The number of anilines is 1. The molecule has 2 nitrogen and oxygen atoms in total. The number of hydrogen-bond acceptors (Lipinski definition) is 1. The largest absolute Gasteiger partial charge is 0.325 e. The molecule has 0 heterocycles. The lowest BCUT2D eigenvalue weighted by atomic mass is 9.49. The zero-order valence-electron chi connectivity index (χ0n) is 12.8. The molecule has 2 unspecified atom stereocenters. The summed E-state index contributed by atoms with van der Waals surface area (Å²) in [6.07, 6.45) is 6.29. The fraction of sp³-hybridized carbons (Fsp3) is 0.611. The van der Waals surface area contributed by atoms with Gasteiger partial charge in [0.05, 0.1) is 5.41 Å². The minimum Gasteiger partial charge on any atom is -0.325 e. The molecule has 4 aliphatic rings. The Morgan fingerprint density at radius 3 is 2.55 bits per heavy atom. The molecule has 4 aliphatic carbocycles. The number of amides is 1. The molecule has 0 radical (unpaired) electrons. The third-order valence-electron chi connectivity index (χ3n) is 5.99. The molecule has 4 saturated carbocycles. The Hall–Kier alpha value is -0.730. The summed E-state index contributed by atoms with van der Waals surface area (Å²) in [6, 6.07) is 5.66. The Morgan fingerprint density at radius 2 is 1.91 bits per heavy atom. The zero-order valence-corrected chi connectivity index (χ0v) is 14.3. The van der Waals surface area contributed by atoms with Gasteiger partial charge in [-0.1, -0.05) is 17.7 Å². The van der Waals surface area contributed by atoms with Crippen LogP contribution in [0.4, 0.5) is 5.69 Å². The Balaban J connectivity index is 1.61. The highest BCUT2D eigenvalue weighted by Gasteiger charge is 2.60. The van der Waals surface area contributed by atoms with Gasteiger partial charge in [0.2, 0.25) is 5.91 Å². The predicted octanol–water partition coefficient (Wildman–Crippen LogP) is 5.16. The molecule has 4 atom stereocenters. The first-order valence-corrected chi connectivity index (χ1v) is 8.90. The molecule has 0 spiro atoms. The van der Waals surface area contributed by atoms with E-state index in [1.807, 2.05) is 25.1 Å². The van der Waals surface area contributed by atoms with Gasteiger partial charge in [-0.3, -0.25) is 4.79 Å². The summed E-state index contributed by atoms with van der Waals surface area (Å²) in [5.74, 6) is 1.41. The second-order valence-corrected chi connectivity index (χ2v) is 8.97. The number of halogens is 2. The number of carbonyl (C=O) groups excluding carboxylic acids is 1. The maximum absolute atomic E-state index is 13.1.